The van der Waals surface area contributed by atoms with E-state index in [1.165, 1.54) is 6.92 Å². The predicted octanol–water partition coefficient (Wildman–Crippen LogP) is 4.28. The normalized spacial score (nSPS) is 12.0. The Balaban J connectivity index is 2.02. The van der Waals surface area contributed by atoms with E-state index in [1.807, 2.05) is 26.1 Å². The summed E-state index contributed by atoms with van der Waals surface area (Å²) in [5.41, 5.74) is 1.64. The molecule has 3 aromatic heterocycles. The van der Waals surface area contributed by atoms with Crippen LogP contribution in [-0.2, 0) is 22.0 Å². The molecule has 176 valence electrons. The van der Waals surface area contributed by atoms with Crippen LogP contribution in [0.1, 0.15) is 39.2 Å². The molecule has 3 heterocycles. The van der Waals surface area contributed by atoms with Crippen LogP contribution in [0.25, 0.3) is 11.3 Å². The first-order valence-electron chi connectivity index (χ1n) is 10.2. The molecule has 0 aliphatic carbocycles. The molecule has 11 heteroatoms. The van der Waals surface area contributed by atoms with Crippen LogP contribution >= 0.6 is 0 Å². The van der Waals surface area contributed by atoms with E-state index in [4.69, 9.17) is 4.74 Å². The van der Waals surface area contributed by atoms with Gasteiger partial charge in [-0.3, -0.25) is 9.48 Å². The topological polar surface area (TPSA) is 107 Å². The maximum atomic E-state index is 13.8. The van der Waals surface area contributed by atoms with Gasteiger partial charge in [0.05, 0.1) is 23.5 Å². The number of nitrogens with one attached hydrogen (secondary N) is 2. The molecule has 33 heavy (non-hydrogen) atoms. The minimum atomic E-state index is -3.20. The molecule has 2 N–H and O–H groups in total. The number of nitrogens with zero attached hydrogens (tertiary/aromatic N) is 5. The smallest absolute Gasteiger partial charge is 0.303 e. The zero-order chi connectivity index (χ0) is 24.4. The molecular weight excluding hydrogens is 432 g/mol. The van der Waals surface area contributed by atoms with Crippen LogP contribution in [0.3, 0.4) is 0 Å². The zero-order valence-electron chi connectivity index (χ0n) is 19.4. The van der Waals surface area contributed by atoms with Gasteiger partial charge in [0.1, 0.15) is 11.6 Å². The summed E-state index contributed by atoms with van der Waals surface area (Å²) in [7, 11) is 1.63. The fourth-order valence-corrected chi connectivity index (χ4v) is 3.03. The van der Waals surface area contributed by atoms with Gasteiger partial charge in [0.2, 0.25) is 11.7 Å². The Morgan fingerprint density at radius 1 is 1.18 bits per heavy atom. The van der Waals surface area contributed by atoms with E-state index in [2.05, 4.69) is 30.7 Å². The van der Waals surface area contributed by atoms with Crippen molar-refractivity contribution in [1.82, 2.24) is 24.7 Å². The first-order valence-corrected chi connectivity index (χ1v) is 10.2. The van der Waals surface area contributed by atoms with E-state index in [1.54, 1.807) is 37.0 Å². The van der Waals surface area contributed by atoms with Crippen LogP contribution < -0.4 is 10.6 Å². The summed E-state index contributed by atoms with van der Waals surface area (Å²) < 4.78 is 34.9. The number of amides is 1. The van der Waals surface area contributed by atoms with E-state index < -0.39 is 17.3 Å². The van der Waals surface area contributed by atoms with Crippen molar-refractivity contribution in [2.75, 3.05) is 17.7 Å². The average Bonchev–Trinajstić information content (AvgIpc) is 3.14. The highest BCUT2D eigenvalue weighted by atomic mass is 19.3. The summed E-state index contributed by atoms with van der Waals surface area (Å²) >= 11 is 0. The molecular formula is C22H27F2N7O2. The van der Waals surface area contributed by atoms with Crippen molar-refractivity contribution in [3.63, 3.8) is 0 Å². The lowest BCUT2D eigenvalue weighted by Crippen LogP contribution is -2.29. The highest BCUT2D eigenvalue weighted by Gasteiger charge is 2.29. The number of aryl methyl sites for hydroxylation is 1. The summed E-state index contributed by atoms with van der Waals surface area (Å²) in [4.78, 5) is 23.6. The van der Waals surface area contributed by atoms with Gasteiger partial charge >= 0.3 is 5.92 Å². The van der Waals surface area contributed by atoms with Gasteiger partial charge in [0, 0.05) is 56.7 Å². The van der Waals surface area contributed by atoms with E-state index in [0.717, 1.165) is 6.92 Å². The third-order valence-electron chi connectivity index (χ3n) is 4.73. The third kappa shape index (κ3) is 6.28. The Morgan fingerprint density at radius 3 is 2.55 bits per heavy atom. The summed E-state index contributed by atoms with van der Waals surface area (Å²) in [6.45, 7) is 8.13. The molecule has 0 unspecified atom stereocenters. The van der Waals surface area contributed by atoms with Crippen molar-refractivity contribution in [3.05, 3.63) is 42.1 Å². The van der Waals surface area contributed by atoms with E-state index in [9.17, 15) is 13.6 Å². The Kier molecular flexibility index (Phi) is 6.73. The molecule has 1 amide bonds. The van der Waals surface area contributed by atoms with Crippen LogP contribution in [-0.4, -0.2) is 43.4 Å². The predicted molar refractivity (Wildman–Crippen MR) is 120 cm³/mol. The number of hydrogen-bond acceptors (Lipinski definition) is 7. The van der Waals surface area contributed by atoms with Crippen molar-refractivity contribution < 1.29 is 18.3 Å². The SMILES string of the molecule is COC(C)(C)Cn1ccc(-c2cnc(NC(C)=O)cc2Nc2cc(C)nc(C(C)(F)F)n2)n1. The molecule has 0 bridgehead atoms. The minimum absolute atomic E-state index is 0.181. The third-order valence-corrected chi connectivity index (χ3v) is 4.73. The van der Waals surface area contributed by atoms with E-state index in [0.29, 0.717) is 35.0 Å². The monoisotopic (exact) mass is 459 g/mol. The molecule has 0 radical (unpaired) electrons. The lowest BCUT2D eigenvalue weighted by atomic mass is 10.1. The van der Waals surface area contributed by atoms with Gasteiger partial charge < -0.3 is 15.4 Å². The second-order valence-corrected chi connectivity index (χ2v) is 8.39. The minimum Gasteiger partial charge on any atom is -0.377 e. The van der Waals surface area contributed by atoms with Gasteiger partial charge in [-0.25, -0.2) is 15.0 Å². The molecule has 3 rings (SSSR count). The summed E-state index contributed by atoms with van der Waals surface area (Å²) in [6, 6.07) is 4.95. The Hall–Kier alpha value is -3.47. The van der Waals surface area contributed by atoms with Gasteiger partial charge in [-0.2, -0.15) is 13.9 Å². The Bertz CT molecular complexity index is 1160. The number of pyridine rings is 1. The molecule has 9 nitrogen and oxygen atoms in total. The largest absolute Gasteiger partial charge is 0.377 e. The van der Waals surface area contributed by atoms with Crippen LogP contribution in [0, 0.1) is 6.92 Å². The quantitative estimate of drug-likeness (QED) is 0.518. The highest BCUT2D eigenvalue weighted by molar-refractivity contribution is 5.89. The van der Waals surface area contributed by atoms with Crippen molar-refractivity contribution in [2.24, 2.45) is 0 Å². The lowest BCUT2D eigenvalue weighted by Gasteiger charge is -2.22. The van der Waals surface area contributed by atoms with Crippen LogP contribution in [0.4, 0.5) is 26.1 Å². The molecule has 0 saturated heterocycles. The average molecular weight is 460 g/mol. The molecule has 0 saturated carbocycles. The van der Waals surface area contributed by atoms with Gasteiger partial charge in [-0.15, -0.1) is 0 Å². The lowest BCUT2D eigenvalue weighted by molar-refractivity contribution is -0.114. The van der Waals surface area contributed by atoms with Crippen molar-refractivity contribution >= 4 is 23.2 Å². The number of rotatable bonds is 8. The molecule has 3 aromatic rings. The fraction of sp³-hybridized carbons (Fsp3) is 0.409. The van der Waals surface area contributed by atoms with Crippen LogP contribution in [0.2, 0.25) is 0 Å². The molecule has 0 fully saturated rings. The fourth-order valence-electron chi connectivity index (χ4n) is 3.03. The van der Waals surface area contributed by atoms with Gasteiger partial charge in [0.15, 0.2) is 0 Å². The number of methoxy groups -OCH3 is 1. The number of ether oxygens (including phenoxy) is 1. The number of hydrogen-bond donors (Lipinski definition) is 2. The van der Waals surface area contributed by atoms with Gasteiger partial charge in [-0.1, -0.05) is 0 Å². The standard InChI is InChI=1S/C22H27F2N7O2/c1-13-9-19(29-20(26-13)22(5,23)24)28-17-10-18(27-14(2)32)25-11-15(17)16-7-8-31(30-16)12-21(3,4)33-6/h7-11H,12H2,1-6H3,(H2,25,26,27,28,29,32). The van der Waals surface area contributed by atoms with E-state index in [-0.39, 0.29) is 11.7 Å². The first kappa shape index (κ1) is 24.2. The molecule has 0 aliphatic rings. The van der Waals surface area contributed by atoms with Crippen molar-refractivity contribution in [3.8, 4) is 11.3 Å². The number of carbonyl (C=O) groups is 1. The van der Waals surface area contributed by atoms with Crippen LogP contribution in [0.15, 0.2) is 30.6 Å². The Morgan fingerprint density at radius 2 is 1.91 bits per heavy atom. The number of aromatic nitrogens is 5. The second kappa shape index (κ2) is 9.18. The maximum absolute atomic E-state index is 13.8. The molecule has 0 spiro atoms. The van der Waals surface area contributed by atoms with E-state index >= 15 is 0 Å². The summed E-state index contributed by atoms with van der Waals surface area (Å²) in [6.07, 6.45) is 3.36. The molecule has 0 aliphatic heterocycles. The van der Waals surface area contributed by atoms with Gasteiger partial charge in [0.25, 0.3) is 0 Å². The van der Waals surface area contributed by atoms with Crippen molar-refractivity contribution in [1.29, 1.82) is 0 Å². The molecule has 0 aromatic carbocycles. The zero-order valence-corrected chi connectivity index (χ0v) is 19.4. The summed E-state index contributed by atoms with van der Waals surface area (Å²) in [5.74, 6) is -3.61. The van der Waals surface area contributed by atoms with Gasteiger partial charge in [-0.05, 0) is 26.8 Å². The number of halogens is 2. The second-order valence-electron chi connectivity index (χ2n) is 8.39. The molecule has 0 atom stereocenters. The highest BCUT2D eigenvalue weighted by Crippen LogP contribution is 2.32. The number of carbonyl (C=O) groups excluding carboxylic acids is 1. The first-order chi connectivity index (χ1) is 15.4. The van der Waals surface area contributed by atoms with Crippen LogP contribution in [0.5, 0.6) is 0 Å². The number of anilines is 3. The Labute approximate surface area is 190 Å². The summed E-state index contributed by atoms with van der Waals surface area (Å²) in [5, 5.41) is 10.3. The van der Waals surface area contributed by atoms with Crippen molar-refractivity contribution in [2.45, 2.75) is 52.7 Å². The maximum Gasteiger partial charge on any atom is 0.303 e. The number of alkyl halides is 2.